The molecule has 3 heteroatoms. The average molecular weight is 250 g/mol. The van der Waals surface area contributed by atoms with Gasteiger partial charge in [0.05, 0.1) is 7.11 Å². The molecule has 1 atom stereocenters. The van der Waals surface area contributed by atoms with E-state index >= 15 is 0 Å². The monoisotopic (exact) mass is 250 g/mol. The van der Waals surface area contributed by atoms with Crippen LogP contribution in [0.5, 0.6) is 5.75 Å². The number of nitrogens with zero attached hydrogens (tertiary/aromatic N) is 1. The Labute approximate surface area is 111 Å². The topological polar surface area (TPSA) is 38.5 Å². The number of rotatable bonds is 7. The Morgan fingerprint density at radius 3 is 2.67 bits per heavy atom. The zero-order valence-corrected chi connectivity index (χ0v) is 12.1. The summed E-state index contributed by atoms with van der Waals surface area (Å²) >= 11 is 0. The predicted octanol–water partition coefficient (Wildman–Crippen LogP) is 2.77. The van der Waals surface area contributed by atoms with Crippen LogP contribution in [0.1, 0.15) is 37.8 Å². The van der Waals surface area contributed by atoms with Crippen molar-refractivity contribution < 1.29 is 4.74 Å². The fraction of sp³-hybridized carbons (Fsp3) is 0.600. The molecule has 0 heterocycles. The minimum atomic E-state index is 0.519. The second-order valence-electron chi connectivity index (χ2n) is 4.90. The second kappa shape index (κ2) is 7.39. The molecule has 1 unspecified atom stereocenters. The van der Waals surface area contributed by atoms with Gasteiger partial charge in [-0.05, 0) is 38.1 Å². The van der Waals surface area contributed by atoms with Crippen molar-refractivity contribution in [1.82, 2.24) is 4.90 Å². The van der Waals surface area contributed by atoms with Crippen LogP contribution in [-0.4, -0.2) is 25.1 Å². The lowest BCUT2D eigenvalue weighted by Gasteiger charge is -2.24. The van der Waals surface area contributed by atoms with Gasteiger partial charge in [0.25, 0.3) is 0 Å². The molecule has 0 fully saturated rings. The lowest BCUT2D eigenvalue weighted by molar-refractivity contribution is 0.236. The minimum Gasteiger partial charge on any atom is -0.496 e. The lowest BCUT2D eigenvalue weighted by Crippen LogP contribution is -2.28. The molecule has 0 radical (unpaired) electrons. The number of hydrogen-bond acceptors (Lipinski definition) is 3. The van der Waals surface area contributed by atoms with Crippen LogP contribution < -0.4 is 10.5 Å². The number of hydrogen-bond donors (Lipinski definition) is 1. The first kappa shape index (κ1) is 15.0. The summed E-state index contributed by atoms with van der Waals surface area (Å²) < 4.78 is 5.29. The van der Waals surface area contributed by atoms with E-state index in [0.29, 0.717) is 12.6 Å². The molecule has 1 aromatic carbocycles. The highest BCUT2D eigenvalue weighted by Gasteiger charge is 2.10. The molecule has 0 aliphatic heterocycles. The quantitative estimate of drug-likeness (QED) is 0.808. The standard InChI is InChI=1S/C15H26N2O/c1-5-6-12(2)17(3)11-13-7-8-15(18-4)14(9-13)10-16/h7-9,12H,5-6,10-11,16H2,1-4H3. The summed E-state index contributed by atoms with van der Waals surface area (Å²) in [5.41, 5.74) is 8.11. The molecular weight excluding hydrogens is 224 g/mol. The lowest BCUT2D eigenvalue weighted by atomic mass is 10.1. The van der Waals surface area contributed by atoms with Crippen LogP contribution in [0.15, 0.2) is 18.2 Å². The van der Waals surface area contributed by atoms with Crippen LogP contribution in [0, 0.1) is 0 Å². The number of benzene rings is 1. The minimum absolute atomic E-state index is 0.519. The largest absolute Gasteiger partial charge is 0.496 e. The van der Waals surface area contributed by atoms with Crippen LogP contribution in [0.25, 0.3) is 0 Å². The Morgan fingerprint density at radius 2 is 2.11 bits per heavy atom. The first-order chi connectivity index (χ1) is 8.62. The average Bonchev–Trinajstić information content (AvgIpc) is 2.38. The Hall–Kier alpha value is -1.06. The van der Waals surface area contributed by atoms with Gasteiger partial charge < -0.3 is 10.5 Å². The van der Waals surface area contributed by atoms with Gasteiger partial charge in [0.1, 0.15) is 5.75 Å². The molecule has 0 spiro atoms. The molecule has 0 amide bonds. The molecule has 1 rings (SSSR count). The fourth-order valence-corrected chi connectivity index (χ4v) is 2.17. The molecule has 18 heavy (non-hydrogen) atoms. The van der Waals surface area contributed by atoms with Gasteiger partial charge in [-0.25, -0.2) is 0 Å². The molecule has 102 valence electrons. The van der Waals surface area contributed by atoms with Crippen molar-refractivity contribution in [3.63, 3.8) is 0 Å². The molecule has 0 aliphatic carbocycles. The maximum absolute atomic E-state index is 5.74. The van der Waals surface area contributed by atoms with Crippen LogP contribution in [-0.2, 0) is 13.1 Å². The van der Waals surface area contributed by atoms with E-state index in [1.54, 1.807) is 7.11 Å². The van der Waals surface area contributed by atoms with E-state index in [1.165, 1.54) is 18.4 Å². The van der Waals surface area contributed by atoms with Gasteiger partial charge in [0.15, 0.2) is 0 Å². The molecular formula is C15H26N2O. The summed E-state index contributed by atoms with van der Waals surface area (Å²) in [4.78, 5) is 2.38. The highest BCUT2D eigenvalue weighted by Crippen LogP contribution is 2.20. The molecule has 0 saturated carbocycles. The van der Waals surface area contributed by atoms with Gasteiger partial charge in [-0.1, -0.05) is 19.4 Å². The summed E-state index contributed by atoms with van der Waals surface area (Å²) in [6, 6.07) is 6.88. The van der Waals surface area contributed by atoms with Crippen molar-refractivity contribution in [2.45, 2.75) is 45.8 Å². The third-order valence-electron chi connectivity index (χ3n) is 3.46. The van der Waals surface area contributed by atoms with Gasteiger partial charge in [-0.3, -0.25) is 4.90 Å². The van der Waals surface area contributed by atoms with E-state index in [4.69, 9.17) is 10.5 Å². The van der Waals surface area contributed by atoms with Gasteiger partial charge in [0.2, 0.25) is 0 Å². The number of methoxy groups -OCH3 is 1. The summed E-state index contributed by atoms with van der Waals surface area (Å²) in [5, 5.41) is 0. The zero-order valence-electron chi connectivity index (χ0n) is 12.1. The first-order valence-corrected chi connectivity index (χ1v) is 6.68. The van der Waals surface area contributed by atoms with Gasteiger partial charge >= 0.3 is 0 Å². The molecule has 0 aromatic heterocycles. The van der Waals surface area contributed by atoms with Crippen LogP contribution in [0.4, 0.5) is 0 Å². The van der Waals surface area contributed by atoms with Crippen molar-refractivity contribution in [2.24, 2.45) is 5.73 Å². The smallest absolute Gasteiger partial charge is 0.123 e. The van der Waals surface area contributed by atoms with Crippen LogP contribution >= 0.6 is 0 Å². The normalized spacial score (nSPS) is 12.8. The number of nitrogens with two attached hydrogens (primary N) is 1. The molecule has 2 N–H and O–H groups in total. The van der Waals surface area contributed by atoms with E-state index in [1.807, 2.05) is 6.07 Å². The Morgan fingerprint density at radius 1 is 1.39 bits per heavy atom. The third kappa shape index (κ3) is 4.00. The maximum atomic E-state index is 5.74. The summed E-state index contributed by atoms with van der Waals surface area (Å²) in [5.74, 6) is 0.880. The van der Waals surface area contributed by atoms with Crippen molar-refractivity contribution in [2.75, 3.05) is 14.2 Å². The molecule has 3 nitrogen and oxygen atoms in total. The third-order valence-corrected chi connectivity index (χ3v) is 3.46. The van der Waals surface area contributed by atoms with Crippen molar-refractivity contribution in [1.29, 1.82) is 0 Å². The van der Waals surface area contributed by atoms with Crippen LogP contribution in [0.3, 0.4) is 0 Å². The van der Waals surface area contributed by atoms with Gasteiger partial charge in [-0.2, -0.15) is 0 Å². The van der Waals surface area contributed by atoms with Crippen molar-refractivity contribution >= 4 is 0 Å². The Balaban J connectivity index is 2.72. The van der Waals surface area contributed by atoms with E-state index in [-0.39, 0.29) is 0 Å². The highest BCUT2D eigenvalue weighted by atomic mass is 16.5. The molecule has 0 bridgehead atoms. The van der Waals surface area contributed by atoms with E-state index in [9.17, 15) is 0 Å². The molecule has 1 aromatic rings. The van der Waals surface area contributed by atoms with E-state index in [2.05, 4.69) is 37.9 Å². The number of ether oxygens (including phenoxy) is 1. The molecule has 0 saturated heterocycles. The van der Waals surface area contributed by atoms with E-state index < -0.39 is 0 Å². The predicted molar refractivity (Wildman–Crippen MR) is 76.7 cm³/mol. The second-order valence-corrected chi connectivity index (χ2v) is 4.90. The fourth-order valence-electron chi connectivity index (χ4n) is 2.17. The maximum Gasteiger partial charge on any atom is 0.123 e. The first-order valence-electron chi connectivity index (χ1n) is 6.68. The zero-order chi connectivity index (χ0) is 13.5. The summed E-state index contributed by atoms with van der Waals surface area (Å²) in [7, 11) is 3.86. The Bertz CT molecular complexity index is 366. The summed E-state index contributed by atoms with van der Waals surface area (Å²) in [6.07, 6.45) is 2.46. The van der Waals surface area contributed by atoms with Crippen LogP contribution in [0.2, 0.25) is 0 Å². The molecule has 0 aliphatic rings. The van der Waals surface area contributed by atoms with Gasteiger partial charge in [0, 0.05) is 24.7 Å². The van der Waals surface area contributed by atoms with Crippen molar-refractivity contribution in [3.05, 3.63) is 29.3 Å². The van der Waals surface area contributed by atoms with Gasteiger partial charge in [-0.15, -0.1) is 0 Å². The summed E-state index contributed by atoms with van der Waals surface area (Å²) in [6.45, 7) is 5.98. The van der Waals surface area contributed by atoms with Crippen molar-refractivity contribution in [3.8, 4) is 5.75 Å². The Kier molecular flexibility index (Phi) is 6.16. The van der Waals surface area contributed by atoms with E-state index in [0.717, 1.165) is 17.9 Å². The highest BCUT2D eigenvalue weighted by molar-refractivity contribution is 5.37. The SMILES string of the molecule is CCCC(C)N(C)Cc1ccc(OC)c(CN)c1.